The summed E-state index contributed by atoms with van der Waals surface area (Å²) in [7, 11) is -3.49. The second-order valence-electron chi connectivity index (χ2n) is 7.33. The van der Waals surface area contributed by atoms with Gasteiger partial charge in [-0.3, -0.25) is 9.69 Å². The van der Waals surface area contributed by atoms with Gasteiger partial charge in [0, 0.05) is 26.1 Å². The Balaban J connectivity index is 1.62. The van der Waals surface area contributed by atoms with E-state index in [4.69, 9.17) is 4.74 Å². The number of benzene rings is 2. The van der Waals surface area contributed by atoms with Crippen molar-refractivity contribution >= 4 is 15.7 Å². The Morgan fingerprint density at radius 2 is 1.72 bits per heavy atom. The van der Waals surface area contributed by atoms with Gasteiger partial charge in [0.05, 0.1) is 29.9 Å². The van der Waals surface area contributed by atoms with Gasteiger partial charge < -0.3 is 10.1 Å². The zero-order valence-electron chi connectivity index (χ0n) is 16.7. The number of sulfone groups is 1. The smallest absolute Gasteiger partial charge is 0.221 e. The van der Waals surface area contributed by atoms with Crippen molar-refractivity contribution in [3.8, 4) is 0 Å². The van der Waals surface area contributed by atoms with Crippen molar-refractivity contribution < 1.29 is 17.9 Å². The largest absolute Gasteiger partial charge is 0.379 e. The van der Waals surface area contributed by atoms with Crippen LogP contribution in [0.2, 0.25) is 0 Å². The molecule has 1 saturated heterocycles. The number of hydrogen-bond acceptors (Lipinski definition) is 5. The third-order valence-electron chi connectivity index (χ3n) is 5.06. The molecule has 0 radical (unpaired) electrons. The van der Waals surface area contributed by atoms with E-state index >= 15 is 0 Å². The minimum absolute atomic E-state index is 0.0668. The number of nitrogens with one attached hydrogen (secondary N) is 1. The monoisotopic (exact) mass is 416 g/mol. The molecule has 3 rings (SSSR count). The lowest BCUT2D eigenvalue weighted by Crippen LogP contribution is -2.43. The van der Waals surface area contributed by atoms with Gasteiger partial charge in [-0.25, -0.2) is 8.42 Å². The Labute approximate surface area is 172 Å². The molecule has 0 aromatic heterocycles. The molecule has 1 aliphatic rings. The third kappa shape index (κ3) is 6.39. The molecular weight excluding hydrogens is 388 g/mol. The summed E-state index contributed by atoms with van der Waals surface area (Å²) in [5, 5.41) is 3.03. The molecule has 1 fully saturated rings. The minimum atomic E-state index is -3.49. The number of rotatable bonds is 8. The second kappa shape index (κ2) is 10.0. The van der Waals surface area contributed by atoms with Gasteiger partial charge in [-0.15, -0.1) is 0 Å². The molecule has 0 unspecified atom stereocenters. The van der Waals surface area contributed by atoms with Crippen LogP contribution in [0, 0.1) is 6.92 Å². The summed E-state index contributed by atoms with van der Waals surface area (Å²) < 4.78 is 30.4. The maximum Gasteiger partial charge on any atom is 0.221 e. The quantitative estimate of drug-likeness (QED) is 0.715. The first-order valence-corrected chi connectivity index (χ1v) is 11.5. The van der Waals surface area contributed by atoms with E-state index in [1.54, 1.807) is 24.3 Å². The summed E-state index contributed by atoms with van der Waals surface area (Å²) in [6.07, 6.45) is -0.0668. The number of morpholine rings is 1. The predicted octanol–water partition coefficient (Wildman–Crippen LogP) is 2.35. The fourth-order valence-electron chi connectivity index (χ4n) is 3.32. The van der Waals surface area contributed by atoms with E-state index in [2.05, 4.69) is 10.2 Å². The Hall–Kier alpha value is -2.22. The molecule has 6 nitrogen and oxygen atoms in total. The number of nitrogens with zero attached hydrogens (tertiary/aromatic N) is 1. The summed E-state index contributed by atoms with van der Waals surface area (Å²) in [4.78, 5) is 15.1. The van der Waals surface area contributed by atoms with E-state index in [9.17, 15) is 13.2 Å². The van der Waals surface area contributed by atoms with Crippen LogP contribution < -0.4 is 5.32 Å². The first-order chi connectivity index (χ1) is 13.9. The van der Waals surface area contributed by atoms with Gasteiger partial charge in [0.25, 0.3) is 0 Å². The zero-order valence-corrected chi connectivity index (χ0v) is 17.5. The summed E-state index contributed by atoms with van der Waals surface area (Å²) in [6.45, 7) is 5.59. The lowest BCUT2D eigenvalue weighted by Gasteiger charge is -2.31. The average Bonchev–Trinajstić information content (AvgIpc) is 2.74. The highest BCUT2D eigenvalue weighted by atomic mass is 32.2. The molecule has 2 aromatic carbocycles. The van der Waals surface area contributed by atoms with Crippen LogP contribution in [-0.2, 0) is 19.4 Å². The number of carbonyl (C=O) groups is 1. The van der Waals surface area contributed by atoms with Gasteiger partial charge in [-0.1, -0.05) is 48.0 Å². The van der Waals surface area contributed by atoms with Crippen LogP contribution in [0.3, 0.4) is 0 Å². The molecule has 0 bridgehead atoms. The van der Waals surface area contributed by atoms with Gasteiger partial charge in [0.2, 0.25) is 5.91 Å². The van der Waals surface area contributed by atoms with E-state index in [0.717, 1.165) is 24.2 Å². The summed E-state index contributed by atoms with van der Waals surface area (Å²) in [6, 6.07) is 16.3. The second-order valence-corrected chi connectivity index (χ2v) is 9.43. The standard InChI is InChI=1S/C22H28N2O4S/c1-18-7-9-20(10-8-18)29(26,27)16-11-22(25)23-21(19-5-3-2-4-6-19)17-24-12-14-28-15-13-24/h2-10,21H,11-17H2,1H3,(H,23,25)/t21-/m0/s1. The molecule has 0 aliphatic carbocycles. The number of hydrogen-bond donors (Lipinski definition) is 1. The Morgan fingerprint density at radius 3 is 2.38 bits per heavy atom. The van der Waals surface area contributed by atoms with Gasteiger partial charge >= 0.3 is 0 Å². The predicted molar refractivity (Wildman–Crippen MR) is 112 cm³/mol. The van der Waals surface area contributed by atoms with Crippen LogP contribution in [0.25, 0.3) is 0 Å². The lowest BCUT2D eigenvalue weighted by atomic mass is 10.1. The molecule has 7 heteroatoms. The van der Waals surface area contributed by atoms with Crippen molar-refractivity contribution in [3.63, 3.8) is 0 Å². The zero-order chi connectivity index (χ0) is 20.7. The summed E-state index contributed by atoms with van der Waals surface area (Å²) >= 11 is 0. The highest BCUT2D eigenvalue weighted by molar-refractivity contribution is 7.91. The van der Waals surface area contributed by atoms with Crippen LogP contribution in [-0.4, -0.2) is 57.8 Å². The third-order valence-corrected chi connectivity index (χ3v) is 6.79. The molecule has 0 saturated carbocycles. The van der Waals surface area contributed by atoms with Gasteiger partial charge in [0.15, 0.2) is 9.84 Å². The van der Waals surface area contributed by atoms with Crippen molar-refractivity contribution in [1.29, 1.82) is 0 Å². The molecule has 1 amide bonds. The SMILES string of the molecule is Cc1ccc(S(=O)(=O)CCC(=O)N[C@@H](CN2CCOCC2)c2ccccc2)cc1. The lowest BCUT2D eigenvalue weighted by molar-refractivity contribution is -0.121. The van der Waals surface area contributed by atoms with Gasteiger partial charge in [-0.2, -0.15) is 0 Å². The van der Waals surface area contributed by atoms with Crippen molar-refractivity contribution in [2.24, 2.45) is 0 Å². The molecule has 1 aliphatic heterocycles. The Bertz CT molecular complexity index is 892. The first-order valence-electron chi connectivity index (χ1n) is 9.88. The fourth-order valence-corrected chi connectivity index (χ4v) is 4.56. The number of amides is 1. The maximum absolute atomic E-state index is 12.6. The normalized spacial score (nSPS) is 16.3. The van der Waals surface area contributed by atoms with E-state index in [1.807, 2.05) is 37.3 Å². The van der Waals surface area contributed by atoms with Gasteiger partial charge in [-0.05, 0) is 24.6 Å². The van der Waals surface area contributed by atoms with Gasteiger partial charge in [0.1, 0.15) is 0 Å². The average molecular weight is 417 g/mol. The molecule has 0 spiro atoms. The molecular formula is C22H28N2O4S. The van der Waals surface area contributed by atoms with E-state index < -0.39 is 9.84 Å². The number of ether oxygens (including phenoxy) is 1. The van der Waals surface area contributed by atoms with Crippen LogP contribution in [0.1, 0.15) is 23.6 Å². The molecule has 1 heterocycles. The van der Waals surface area contributed by atoms with Crippen LogP contribution >= 0.6 is 0 Å². The molecule has 1 N–H and O–H groups in total. The van der Waals surface area contributed by atoms with Crippen molar-refractivity contribution in [2.75, 3.05) is 38.6 Å². The van der Waals surface area contributed by atoms with Crippen molar-refractivity contribution in [3.05, 3.63) is 65.7 Å². The van der Waals surface area contributed by atoms with Crippen LogP contribution in [0.5, 0.6) is 0 Å². The molecule has 156 valence electrons. The van der Waals surface area contributed by atoms with E-state index in [-0.39, 0.29) is 29.0 Å². The summed E-state index contributed by atoms with van der Waals surface area (Å²) in [5.74, 6) is -0.469. The number of carbonyl (C=O) groups excluding carboxylic acids is 1. The highest BCUT2D eigenvalue weighted by Crippen LogP contribution is 2.17. The van der Waals surface area contributed by atoms with Crippen molar-refractivity contribution in [1.82, 2.24) is 10.2 Å². The van der Waals surface area contributed by atoms with Crippen LogP contribution in [0.4, 0.5) is 0 Å². The highest BCUT2D eigenvalue weighted by Gasteiger charge is 2.22. The molecule has 1 atom stereocenters. The number of aryl methyl sites for hydroxylation is 1. The topological polar surface area (TPSA) is 75.7 Å². The minimum Gasteiger partial charge on any atom is -0.379 e. The summed E-state index contributed by atoms with van der Waals surface area (Å²) in [5.41, 5.74) is 2.00. The maximum atomic E-state index is 12.6. The Kier molecular flexibility index (Phi) is 7.41. The van der Waals surface area contributed by atoms with Crippen molar-refractivity contribution in [2.45, 2.75) is 24.3 Å². The molecule has 29 heavy (non-hydrogen) atoms. The first kappa shape index (κ1) is 21.5. The van der Waals surface area contributed by atoms with Crippen LogP contribution in [0.15, 0.2) is 59.5 Å². The molecule has 2 aromatic rings. The van der Waals surface area contributed by atoms with E-state index in [1.165, 1.54) is 0 Å². The Morgan fingerprint density at radius 1 is 1.07 bits per heavy atom. The fraction of sp³-hybridized carbons (Fsp3) is 0.409. The van der Waals surface area contributed by atoms with E-state index in [0.29, 0.717) is 19.8 Å².